The van der Waals surface area contributed by atoms with Crippen molar-refractivity contribution < 1.29 is 0 Å². The molecule has 2 aromatic heterocycles. The minimum atomic E-state index is 0.742. The lowest BCUT2D eigenvalue weighted by Gasteiger charge is -2.21. The number of pyridine rings is 1. The van der Waals surface area contributed by atoms with E-state index in [0.29, 0.717) is 0 Å². The summed E-state index contributed by atoms with van der Waals surface area (Å²) in [5.74, 6) is 0. The van der Waals surface area contributed by atoms with Crippen molar-refractivity contribution in [3.05, 3.63) is 90.3 Å². The lowest BCUT2D eigenvalue weighted by Crippen LogP contribution is -2.23. The molecular weight excluding hydrogens is 332 g/mol. The Bertz CT molecular complexity index is 1020. The van der Waals surface area contributed by atoms with Gasteiger partial charge in [0, 0.05) is 30.5 Å². The van der Waals surface area contributed by atoms with E-state index in [-0.39, 0.29) is 0 Å². The molecule has 0 atom stereocenters. The molecule has 0 amide bonds. The average Bonchev–Trinajstić information content (AvgIpc) is 3.06. The number of fused-ring (bicyclic) bond motifs is 1. The fourth-order valence-electron chi connectivity index (χ4n) is 3.42. The molecule has 0 aliphatic heterocycles. The maximum absolute atomic E-state index is 6.07. The van der Waals surface area contributed by atoms with Gasteiger partial charge in [-0.25, -0.2) is 4.98 Å². The Kier molecular flexibility index (Phi) is 4.90. The topological polar surface area (TPSA) is 46.6 Å². The normalized spacial score (nSPS) is 11.3. The molecule has 4 aromatic rings. The summed E-state index contributed by atoms with van der Waals surface area (Å²) < 4.78 is 2.13. The second kappa shape index (κ2) is 7.64. The van der Waals surface area contributed by atoms with Gasteiger partial charge in [0.1, 0.15) is 5.65 Å². The van der Waals surface area contributed by atoms with Gasteiger partial charge in [0.15, 0.2) is 0 Å². The van der Waals surface area contributed by atoms with Gasteiger partial charge in [0.25, 0.3) is 0 Å². The lowest BCUT2D eigenvalue weighted by molar-refractivity contribution is 0.268. The average molecular weight is 356 g/mol. The van der Waals surface area contributed by atoms with Crippen molar-refractivity contribution in [3.8, 4) is 11.3 Å². The molecule has 0 aliphatic rings. The Balaban J connectivity index is 1.75. The van der Waals surface area contributed by atoms with Crippen molar-refractivity contribution in [1.82, 2.24) is 14.3 Å². The number of rotatable bonds is 6. The van der Waals surface area contributed by atoms with E-state index in [0.717, 1.165) is 42.2 Å². The smallest absolute Gasteiger partial charge is 0.137 e. The van der Waals surface area contributed by atoms with Crippen LogP contribution in [0.3, 0.4) is 0 Å². The summed E-state index contributed by atoms with van der Waals surface area (Å²) in [7, 11) is 0. The molecular formula is C23H24N4. The minimum Gasteiger partial charge on any atom is -0.398 e. The van der Waals surface area contributed by atoms with Gasteiger partial charge in [0.05, 0.1) is 11.4 Å². The zero-order valence-electron chi connectivity index (χ0n) is 15.5. The molecule has 0 fully saturated rings. The summed E-state index contributed by atoms with van der Waals surface area (Å²) in [6.07, 6.45) is 1.97. The van der Waals surface area contributed by atoms with Crippen LogP contribution >= 0.6 is 0 Å². The SMILES string of the molecule is CCN(Cc1ccccc1)Cc1c(-c2ccccc2)nc2ccc(N)cn12. The highest BCUT2D eigenvalue weighted by molar-refractivity contribution is 5.67. The maximum atomic E-state index is 6.07. The summed E-state index contributed by atoms with van der Waals surface area (Å²) in [4.78, 5) is 7.32. The van der Waals surface area contributed by atoms with Gasteiger partial charge in [-0.2, -0.15) is 0 Å². The maximum Gasteiger partial charge on any atom is 0.137 e. The molecule has 0 saturated carbocycles. The summed E-state index contributed by atoms with van der Waals surface area (Å²) in [6, 6.07) is 24.8. The molecule has 2 aromatic carbocycles. The van der Waals surface area contributed by atoms with E-state index in [1.807, 2.05) is 24.4 Å². The largest absolute Gasteiger partial charge is 0.398 e. The lowest BCUT2D eigenvalue weighted by atomic mass is 10.1. The molecule has 0 radical (unpaired) electrons. The first-order valence-electron chi connectivity index (χ1n) is 9.32. The number of hydrogen-bond acceptors (Lipinski definition) is 3. The molecule has 136 valence electrons. The Morgan fingerprint density at radius 1 is 0.889 bits per heavy atom. The van der Waals surface area contributed by atoms with Crippen LogP contribution in [0, 0.1) is 0 Å². The first-order chi connectivity index (χ1) is 13.2. The molecule has 2 N–H and O–H groups in total. The summed E-state index contributed by atoms with van der Waals surface area (Å²) in [5.41, 5.74) is 12.4. The van der Waals surface area contributed by atoms with E-state index in [9.17, 15) is 0 Å². The van der Waals surface area contributed by atoms with Crippen LogP contribution in [0.25, 0.3) is 16.9 Å². The molecule has 4 nitrogen and oxygen atoms in total. The molecule has 0 aliphatic carbocycles. The number of imidazole rings is 1. The number of anilines is 1. The van der Waals surface area contributed by atoms with Gasteiger partial charge in [0.2, 0.25) is 0 Å². The van der Waals surface area contributed by atoms with Gasteiger partial charge in [-0.15, -0.1) is 0 Å². The number of nitrogens with zero attached hydrogens (tertiary/aromatic N) is 3. The fourth-order valence-corrected chi connectivity index (χ4v) is 3.42. The molecule has 27 heavy (non-hydrogen) atoms. The van der Waals surface area contributed by atoms with Crippen molar-refractivity contribution >= 4 is 11.3 Å². The zero-order valence-corrected chi connectivity index (χ0v) is 15.5. The van der Waals surface area contributed by atoms with Crippen LogP contribution in [-0.4, -0.2) is 20.8 Å². The second-order valence-corrected chi connectivity index (χ2v) is 6.75. The number of hydrogen-bond donors (Lipinski definition) is 1. The highest BCUT2D eigenvalue weighted by Gasteiger charge is 2.17. The van der Waals surface area contributed by atoms with Crippen LogP contribution in [0.4, 0.5) is 5.69 Å². The summed E-state index contributed by atoms with van der Waals surface area (Å²) in [5, 5.41) is 0. The molecule has 0 spiro atoms. The molecule has 4 rings (SSSR count). The quantitative estimate of drug-likeness (QED) is 0.549. The van der Waals surface area contributed by atoms with E-state index in [1.165, 1.54) is 11.3 Å². The van der Waals surface area contributed by atoms with Crippen LogP contribution < -0.4 is 5.73 Å². The van der Waals surface area contributed by atoms with Crippen LogP contribution in [0.1, 0.15) is 18.2 Å². The van der Waals surface area contributed by atoms with E-state index >= 15 is 0 Å². The first kappa shape index (κ1) is 17.3. The van der Waals surface area contributed by atoms with Crippen molar-refractivity contribution in [2.45, 2.75) is 20.0 Å². The third kappa shape index (κ3) is 3.71. The van der Waals surface area contributed by atoms with Crippen LogP contribution in [0.15, 0.2) is 79.0 Å². The Hall–Kier alpha value is -3.11. The number of aromatic nitrogens is 2. The van der Waals surface area contributed by atoms with Crippen molar-refractivity contribution in [2.24, 2.45) is 0 Å². The first-order valence-corrected chi connectivity index (χ1v) is 9.32. The van der Waals surface area contributed by atoms with Crippen LogP contribution in [-0.2, 0) is 13.1 Å². The zero-order chi connectivity index (χ0) is 18.6. The molecule has 0 unspecified atom stereocenters. The molecule has 0 saturated heterocycles. The number of nitrogen functional groups attached to an aromatic ring is 1. The minimum absolute atomic E-state index is 0.742. The monoisotopic (exact) mass is 356 g/mol. The summed E-state index contributed by atoms with van der Waals surface area (Å²) in [6.45, 7) is 4.86. The third-order valence-electron chi connectivity index (χ3n) is 4.86. The third-order valence-corrected chi connectivity index (χ3v) is 4.86. The fraction of sp³-hybridized carbons (Fsp3) is 0.174. The predicted molar refractivity (Wildman–Crippen MR) is 111 cm³/mol. The van der Waals surface area contributed by atoms with E-state index in [1.54, 1.807) is 0 Å². The molecule has 0 bridgehead atoms. The van der Waals surface area contributed by atoms with Gasteiger partial charge < -0.3 is 10.1 Å². The van der Waals surface area contributed by atoms with E-state index in [2.05, 4.69) is 70.8 Å². The van der Waals surface area contributed by atoms with Crippen molar-refractivity contribution in [2.75, 3.05) is 12.3 Å². The Labute approximate surface area is 159 Å². The van der Waals surface area contributed by atoms with Gasteiger partial charge in [-0.1, -0.05) is 67.6 Å². The van der Waals surface area contributed by atoms with Gasteiger partial charge in [-0.3, -0.25) is 4.90 Å². The van der Waals surface area contributed by atoms with Gasteiger partial charge >= 0.3 is 0 Å². The highest BCUT2D eigenvalue weighted by Crippen LogP contribution is 2.26. The molecule has 2 heterocycles. The highest BCUT2D eigenvalue weighted by atomic mass is 15.1. The van der Waals surface area contributed by atoms with Crippen molar-refractivity contribution in [1.29, 1.82) is 0 Å². The van der Waals surface area contributed by atoms with Crippen molar-refractivity contribution in [3.63, 3.8) is 0 Å². The second-order valence-electron chi connectivity index (χ2n) is 6.75. The van der Waals surface area contributed by atoms with E-state index < -0.39 is 0 Å². The van der Waals surface area contributed by atoms with Crippen LogP contribution in [0.5, 0.6) is 0 Å². The standard InChI is InChI=1S/C23H24N4/c1-2-26(15-18-9-5-3-6-10-18)17-21-23(19-11-7-4-8-12-19)25-22-14-13-20(24)16-27(21)22/h3-14,16H,2,15,17,24H2,1H3. The Morgan fingerprint density at radius 2 is 1.59 bits per heavy atom. The van der Waals surface area contributed by atoms with E-state index in [4.69, 9.17) is 10.7 Å². The predicted octanol–water partition coefficient (Wildman–Crippen LogP) is 4.61. The summed E-state index contributed by atoms with van der Waals surface area (Å²) >= 11 is 0. The number of benzene rings is 2. The molecule has 4 heteroatoms. The van der Waals surface area contributed by atoms with Gasteiger partial charge in [-0.05, 0) is 24.2 Å². The Morgan fingerprint density at radius 3 is 2.30 bits per heavy atom. The number of nitrogens with two attached hydrogens (primary N) is 1. The van der Waals surface area contributed by atoms with Crippen LogP contribution in [0.2, 0.25) is 0 Å².